The molecule has 0 atom stereocenters. The van der Waals surface area contributed by atoms with Gasteiger partial charge in [-0.15, -0.1) is 0 Å². The Balaban J connectivity index is 1.88. The molecule has 2 aromatic rings. The van der Waals surface area contributed by atoms with Crippen LogP contribution in [0.25, 0.3) is 10.9 Å². The highest BCUT2D eigenvalue weighted by molar-refractivity contribution is 5.91. The van der Waals surface area contributed by atoms with Crippen LogP contribution < -0.4 is 10.6 Å². The molecule has 1 amide bonds. The number of carbonyl (C=O) groups excluding carboxylic acids is 1. The predicted molar refractivity (Wildman–Crippen MR) is 79.7 cm³/mol. The molecule has 20 heavy (non-hydrogen) atoms. The first kappa shape index (κ1) is 14.3. The number of ether oxygens (including phenoxy) is 1. The Morgan fingerprint density at radius 3 is 3.00 bits per heavy atom. The van der Waals surface area contributed by atoms with E-state index in [1.165, 1.54) is 0 Å². The fraction of sp³-hybridized carbons (Fsp3) is 0.333. The second-order valence-corrected chi connectivity index (χ2v) is 4.43. The van der Waals surface area contributed by atoms with Gasteiger partial charge in [-0.2, -0.15) is 0 Å². The average molecular weight is 273 g/mol. The topological polar surface area (TPSA) is 63.2 Å². The minimum Gasteiger partial charge on any atom is -0.385 e. The molecule has 0 aliphatic rings. The lowest BCUT2D eigenvalue weighted by Gasteiger charge is -2.09. The number of fused-ring (bicyclic) bond motifs is 1. The van der Waals surface area contributed by atoms with E-state index >= 15 is 0 Å². The molecule has 106 valence electrons. The molecule has 0 aliphatic heterocycles. The molecule has 0 saturated carbocycles. The first-order valence-corrected chi connectivity index (χ1v) is 6.64. The van der Waals surface area contributed by atoms with Gasteiger partial charge in [-0.25, -0.2) is 0 Å². The van der Waals surface area contributed by atoms with Crippen LogP contribution in [0.1, 0.15) is 6.42 Å². The Labute approximate surface area is 118 Å². The molecule has 5 heteroatoms. The second kappa shape index (κ2) is 7.45. The summed E-state index contributed by atoms with van der Waals surface area (Å²) in [4.78, 5) is 16.0. The Kier molecular flexibility index (Phi) is 5.32. The summed E-state index contributed by atoms with van der Waals surface area (Å²) in [6, 6.07) is 9.77. The third kappa shape index (κ3) is 3.93. The second-order valence-electron chi connectivity index (χ2n) is 4.43. The number of nitrogens with one attached hydrogen (secondary N) is 2. The van der Waals surface area contributed by atoms with Crippen LogP contribution in [0.2, 0.25) is 0 Å². The van der Waals surface area contributed by atoms with E-state index in [4.69, 9.17) is 4.74 Å². The maximum absolute atomic E-state index is 11.7. The van der Waals surface area contributed by atoms with Crippen LogP contribution in [0, 0.1) is 0 Å². The van der Waals surface area contributed by atoms with Crippen molar-refractivity contribution < 1.29 is 9.53 Å². The number of pyridine rings is 1. The van der Waals surface area contributed by atoms with Crippen molar-refractivity contribution in [1.82, 2.24) is 10.3 Å². The Bertz CT molecular complexity index is 567. The fourth-order valence-electron chi connectivity index (χ4n) is 1.93. The van der Waals surface area contributed by atoms with Gasteiger partial charge >= 0.3 is 0 Å². The highest BCUT2D eigenvalue weighted by Gasteiger charge is 2.04. The largest absolute Gasteiger partial charge is 0.385 e. The summed E-state index contributed by atoms with van der Waals surface area (Å²) in [5.74, 6) is -0.0333. The van der Waals surface area contributed by atoms with E-state index in [0.717, 1.165) is 23.0 Å². The molecular weight excluding hydrogens is 254 g/mol. The lowest BCUT2D eigenvalue weighted by atomic mass is 10.2. The molecular formula is C15H19N3O2. The molecule has 0 unspecified atom stereocenters. The van der Waals surface area contributed by atoms with Crippen LogP contribution in [-0.2, 0) is 9.53 Å². The summed E-state index contributed by atoms with van der Waals surface area (Å²) in [7, 11) is 1.65. The van der Waals surface area contributed by atoms with Crippen molar-refractivity contribution in [3.05, 3.63) is 36.5 Å². The number of hydrogen-bond donors (Lipinski definition) is 2. The van der Waals surface area contributed by atoms with Crippen molar-refractivity contribution in [3.8, 4) is 0 Å². The smallest absolute Gasteiger partial charge is 0.239 e. The normalized spacial score (nSPS) is 10.4. The van der Waals surface area contributed by atoms with Crippen LogP contribution in [0.15, 0.2) is 36.5 Å². The number of carbonyl (C=O) groups is 1. The standard InChI is InChI=1S/C15H19N3O2/c1-20-10-4-9-16-14(19)11-18-13-7-2-5-12-6-3-8-17-15(12)13/h2-3,5-8,18H,4,9-11H2,1H3,(H,16,19). The van der Waals surface area contributed by atoms with Gasteiger partial charge in [0.2, 0.25) is 5.91 Å². The number of amides is 1. The number of para-hydroxylation sites is 1. The molecule has 2 N–H and O–H groups in total. The minimum atomic E-state index is -0.0333. The van der Waals surface area contributed by atoms with Gasteiger partial charge in [0.15, 0.2) is 0 Å². The van der Waals surface area contributed by atoms with Gasteiger partial charge in [0, 0.05) is 31.8 Å². The number of hydrogen-bond acceptors (Lipinski definition) is 4. The Morgan fingerprint density at radius 2 is 2.15 bits per heavy atom. The summed E-state index contributed by atoms with van der Waals surface area (Å²) >= 11 is 0. The van der Waals surface area contributed by atoms with E-state index < -0.39 is 0 Å². The first-order chi connectivity index (χ1) is 9.81. The third-order valence-corrected chi connectivity index (χ3v) is 2.92. The zero-order chi connectivity index (χ0) is 14.2. The van der Waals surface area contributed by atoms with Crippen LogP contribution in [0.3, 0.4) is 0 Å². The number of aromatic nitrogens is 1. The molecule has 0 radical (unpaired) electrons. The molecule has 1 aromatic carbocycles. The molecule has 1 heterocycles. The van der Waals surface area contributed by atoms with Gasteiger partial charge in [0.25, 0.3) is 0 Å². The lowest BCUT2D eigenvalue weighted by Crippen LogP contribution is -2.31. The van der Waals surface area contributed by atoms with Crippen LogP contribution in [0.4, 0.5) is 5.69 Å². The van der Waals surface area contributed by atoms with E-state index in [9.17, 15) is 4.79 Å². The van der Waals surface area contributed by atoms with Crippen molar-refractivity contribution in [1.29, 1.82) is 0 Å². The van der Waals surface area contributed by atoms with Crippen LogP contribution >= 0.6 is 0 Å². The number of rotatable bonds is 7. The Hall–Kier alpha value is -2.14. The maximum Gasteiger partial charge on any atom is 0.239 e. The first-order valence-electron chi connectivity index (χ1n) is 6.64. The molecule has 1 aromatic heterocycles. The maximum atomic E-state index is 11.7. The van der Waals surface area contributed by atoms with Gasteiger partial charge in [-0.3, -0.25) is 9.78 Å². The van der Waals surface area contributed by atoms with E-state index in [2.05, 4.69) is 15.6 Å². The molecule has 5 nitrogen and oxygen atoms in total. The van der Waals surface area contributed by atoms with Gasteiger partial charge in [0.1, 0.15) is 0 Å². The summed E-state index contributed by atoms with van der Waals surface area (Å²) in [5, 5.41) is 7.01. The van der Waals surface area contributed by atoms with Crippen molar-refractivity contribution in [3.63, 3.8) is 0 Å². The zero-order valence-corrected chi connectivity index (χ0v) is 11.6. The van der Waals surface area contributed by atoms with Crippen molar-refractivity contribution in [2.24, 2.45) is 0 Å². The molecule has 0 aliphatic carbocycles. The molecule has 0 bridgehead atoms. The SMILES string of the molecule is COCCCNC(=O)CNc1cccc2cccnc12. The molecule has 0 saturated heterocycles. The van der Waals surface area contributed by atoms with Crippen molar-refractivity contribution in [2.45, 2.75) is 6.42 Å². The predicted octanol–water partition coefficient (Wildman–Crippen LogP) is 1.80. The highest BCUT2D eigenvalue weighted by atomic mass is 16.5. The average Bonchev–Trinajstić information content (AvgIpc) is 2.49. The van der Waals surface area contributed by atoms with Gasteiger partial charge in [-0.05, 0) is 18.6 Å². The van der Waals surface area contributed by atoms with Gasteiger partial charge in [0.05, 0.1) is 17.7 Å². The monoisotopic (exact) mass is 273 g/mol. The fourth-order valence-corrected chi connectivity index (χ4v) is 1.93. The van der Waals surface area contributed by atoms with Crippen molar-refractivity contribution in [2.75, 3.05) is 32.1 Å². The lowest BCUT2D eigenvalue weighted by molar-refractivity contribution is -0.119. The van der Waals surface area contributed by atoms with Gasteiger partial charge < -0.3 is 15.4 Å². The molecule has 0 fully saturated rings. The molecule has 0 spiro atoms. The summed E-state index contributed by atoms with van der Waals surface area (Å²) in [6.45, 7) is 1.52. The highest BCUT2D eigenvalue weighted by Crippen LogP contribution is 2.20. The van der Waals surface area contributed by atoms with Crippen molar-refractivity contribution >= 4 is 22.5 Å². The van der Waals surface area contributed by atoms with Crippen LogP contribution in [-0.4, -0.2) is 37.7 Å². The molecule has 2 rings (SSSR count). The summed E-state index contributed by atoms with van der Waals surface area (Å²) in [5.41, 5.74) is 1.75. The van der Waals surface area contributed by atoms with E-state index in [0.29, 0.717) is 13.2 Å². The van der Waals surface area contributed by atoms with Crippen LogP contribution in [0.5, 0.6) is 0 Å². The zero-order valence-electron chi connectivity index (χ0n) is 11.6. The number of anilines is 1. The number of methoxy groups -OCH3 is 1. The quantitative estimate of drug-likeness (QED) is 0.755. The van der Waals surface area contributed by atoms with Gasteiger partial charge in [-0.1, -0.05) is 18.2 Å². The van der Waals surface area contributed by atoms with E-state index in [1.807, 2.05) is 30.3 Å². The van der Waals surface area contributed by atoms with E-state index in [1.54, 1.807) is 13.3 Å². The minimum absolute atomic E-state index is 0.0333. The van der Waals surface area contributed by atoms with E-state index in [-0.39, 0.29) is 12.5 Å². The summed E-state index contributed by atoms with van der Waals surface area (Å²) in [6.07, 6.45) is 2.57. The summed E-state index contributed by atoms with van der Waals surface area (Å²) < 4.78 is 4.93. The Morgan fingerprint density at radius 1 is 1.30 bits per heavy atom. The number of nitrogens with zero attached hydrogens (tertiary/aromatic N) is 1. The number of benzene rings is 1. The third-order valence-electron chi connectivity index (χ3n) is 2.92.